The Morgan fingerprint density at radius 2 is 1.37 bits per heavy atom. The maximum atomic E-state index is 13.6. The van der Waals surface area contributed by atoms with Crippen LogP contribution in [0.25, 0.3) is 22.3 Å². The van der Waals surface area contributed by atoms with Gasteiger partial charge in [-0.3, -0.25) is 9.59 Å². The molecule has 0 unspecified atom stereocenters. The molecule has 3 N–H and O–H groups in total. The lowest BCUT2D eigenvalue weighted by molar-refractivity contribution is -0.137. The minimum absolute atomic E-state index is 0.247. The summed E-state index contributed by atoms with van der Waals surface area (Å²) in [6, 6.07) is 28.9. The van der Waals surface area contributed by atoms with E-state index in [0.717, 1.165) is 28.8 Å². The summed E-state index contributed by atoms with van der Waals surface area (Å²) in [5, 5.41) is 8.51. The molecule has 0 saturated carbocycles. The molecule has 0 saturated heterocycles. The number of hydrogen-bond acceptors (Lipinski definition) is 4. The maximum Gasteiger partial charge on any atom is 0.416 e. The molecule has 1 heterocycles. The van der Waals surface area contributed by atoms with Crippen LogP contribution in [0.4, 0.5) is 23.7 Å². The van der Waals surface area contributed by atoms with Crippen molar-refractivity contribution in [2.45, 2.75) is 59.0 Å². The van der Waals surface area contributed by atoms with E-state index >= 15 is 0 Å². The number of anilines is 1. The Morgan fingerprint density at radius 1 is 0.750 bits per heavy atom. The van der Waals surface area contributed by atoms with Gasteiger partial charge in [0.1, 0.15) is 11.3 Å². The Balaban J connectivity index is 1.31. The molecule has 11 heteroatoms. The van der Waals surface area contributed by atoms with Gasteiger partial charge in [-0.15, -0.1) is 0 Å². The van der Waals surface area contributed by atoms with Crippen molar-refractivity contribution in [2.75, 3.05) is 11.9 Å². The van der Waals surface area contributed by atoms with Crippen LogP contribution >= 0.6 is 0 Å². The third-order valence-corrected chi connectivity index (χ3v) is 8.12. The molecule has 4 aromatic carbocycles. The first kappa shape index (κ1) is 37.4. The highest BCUT2D eigenvalue weighted by atomic mass is 19.4. The van der Waals surface area contributed by atoms with Crippen molar-refractivity contribution in [2.24, 2.45) is 0 Å². The molecular weight excluding hydrogens is 669 g/mol. The topological polar surface area (TPSA) is 101 Å². The Bertz CT molecular complexity index is 2010. The summed E-state index contributed by atoms with van der Waals surface area (Å²) in [5.41, 5.74) is 4.58. The lowest BCUT2D eigenvalue weighted by atomic mass is 9.98. The number of hydrogen-bond donors (Lipinski definition) is 3. The van der Waals surface area contributed by atoms with Crippen LogP contribution in [0, 0.1) is 6.92 Å². The molecule has 52 heavy (non-hydrogen) atoms. The summed E-state index contributed by atoms with van der Waals surface area (Å²) in [7, 11) is 0. The van der Waals surface area contributed by atoms with Gasteiger partial charge in [-0.25, -0.2) is 4.79 Å². The number of benzene rings is 4. The largest absolute Gasteiger partial charge is 0.444 e. The van der Waals surface area contributed by atoms with E-state index in [2.05, 4.69) is 40.2 Å². The number of carbonyl (C=O) groups is 3. The van der Waals surface area contributed by atoms with Crippen LogP contribution in [0.3, 0.4) is 0 Å². The molecule has 0 bridgehead atoms. The number of ether oxygens (including phenoxy) is 1. The van der Waals surface area contributed by atoms with E-state index in [0.29, 0.717) is 35.5 Å². The van der Waals surface area contributed by atoms with Gasteiger partial charge in [0.25, 0.3) is 11.8 Å². The molecule has 0 spiro atoms. The fraction of sp³-hybridized carbons (Fsp3) is 0.244. The van der Waals surface area contributed by atoms with Crippen molar-refractivity contribution in [3.05, 3.63) is 137 Å². The van der Waals surface area contributed by atoms with Gasteiger partial charge < -0.3 is 25.3 Å². The molecular formula is C41H41F3N4O4. The zero-order valence-electron chi connectivity index (χ0n) is 29.4. The zero-order valence-corrected chi connectivity index (χ0v) is 29.4. The number of aromatic nitrogens is 1. The predicted molar refractivity (Wildman–Crippen MR) is 196 cm³/mol. The van der Waals surface area contributed by atoms with E-state index < -0.39 is 29.3 Å². The summed E-state index contributed by atoms with van der Waals surface area (Å²) in [6.07, 6.45) is -2.94. The average molecular weight is 711 g/mol. The highest BCUT2D eigenvalue weighted by Gasteiger charge is 2.30. The van der Waals surface area contributed by atoms with Crippen LogP contribution in [0.2, 0.25) is 0 Å². The lowest BCUT2D eigenvalue weighted by Crippen LogP contribution is -2.33. The van der Waals surface area contributed by atoms with Gasteiger partial charge in [-0.05, 0) is 86.2 Å². The van der Waals surface area contributed by atoms with Crippen molar-refractivity contribution in [3.63, 3.8) is 0 Å². The molecule has 5 aromatic rings. The Labute approximate surface area is 301 Å². The van der Waals surface area contributed by atoms with Crippen LogP contribution in [0.15, 0.2) is 109 Å². The average Bonchev–Trinajstić information content (AvgIpc) is 3.51. The summed E-state index contributed by atoms with van der Waals surface area (Å²) >= 11 is 0. The molecule has 5 rings (SSSR count). The number of aryl methyl sites for hydroxylation is 2. The van der Waals surface area contributed by atoms with Gasteiger partial charge in [0.05, 0.1) is 11.3 Å². The first-order chi connectivity index (χ1) is 24.7. The smallest absolute Gasteiger partial charge is 0.416 e. The van der Waals surface area contributed by atoms with Crippen molar-refractivity contribution < 1.29 is 32.3 Å². The third kappa shape index (κ3) is 10.1. The SMILES string of the molecule is Cc1ccc(-c2ccc(CNC(=O)c3cc(NC(=O)c4ccccc4-c4ccc(C(F)(F)F)cc4)cn3CCCNC(=O)OC(C)(C)C)cc2)cc1. The molecule has 0 aliphatic carbocycles. The molecule has 0 radical (unpaired) electrons. The predicted octanol–water partition coefficient (Wildman–Crippen LogP) is 9.25. The number of nitrogens with one attached hydrogen (secondary N) is 3. The Morgan fingerprint density at radius 3 is 2.00 bits per heavy atom. The summed E-state index contributed by atoms with van der Waals surface area (Å²) in [5.74, 6) is -0.867. The van der Waals surface area contributed by atoms with Crippen LogP contribution in [0.1, 0.15) is 64.7 Å². The standard InChI is InChI=1S/C41H41F3N4O4/c1-27-10-14-29(15-11-27)30-16-12-28(13-17-30)25-46-38(50)36-24-33(26-48(36)23-7-22-45-39(51)52-40(2,3)4)47-37(49)35-9-6-5-8-34(35)31-18-20-32(21-19-31)41(42,43)44/h5-6,8-21,24,26H,7,22-23,25H2,1-4H3,(H,45,51)(H,46,50)(H,47,49). The van der Waals surface area contributed by atoms with Crippen LogP contribution in [-0.2, 0) is 24.0 Å². The number of rotatable bonds is 11. The van der Waals surface area contributed by atoms with Crippen LogP contribution in [-0.4, -0.2) is 34.6 Å². The quantitative estimate of drug-likeness (QED) is 0.119. The molecule has 1 aromatic heterocycles. The van der Waals surface area contributed by atoms with Gasteiger partial charge in [0.2, 0.25) is 0 Å². The van der Waals surface area contributed by atoms with E-state index in [4.69, 9.17) is 4.74 Å². The number of nitrogens with zero attached hydrogens (tertiary/aromatic N) is 1. The highest BCUT2D eigenvalue weighted by Crippen LogP contribution is 2.32. The summed E-state index contributed by atoms with van der Waals surface area (Å²) < 4.78 is 46.5. The van der Waals surface area contributed by atoms with Crippen molar-refractivity contribution in [1.82, 2.24) is 15.2 Å². The second kappa shape index (κ2) is 16.0. The number of alkyl carbamates (subject to hydrolysis) is 1. The number of halogens is 3. The van der Waals surface area contributed by atoms with Crippen molar-refractivity contribution in [1.29, 1.82) is 0 Å². The number of amides is 3. The minimum Gasteiger partial charge on any atom is -0.444 e. The molecule has 0 atom stereocenters. The van der Waals surface area contributed by atoms with E-state index in [1.165, 1.54) is 17.7 Å². The minimum atomic E-state index is -4.48. The van der Waals surface area contributed by atoms with Gasteiger partial charge in [-0.2, -0.15) is 13.2 Å². The Kier molecular flexibility index (Phi) is 11.5. The molecule has 270 valence electrons. The fourth-order valence-electron chi connectivity index (χ4n) is 5.51. The molecule has 0 aliphatic heterocycles. The van der Waals surface area contributed by atoms with Crippen LogP contribution < -0.4 is 16.0 Å². The van der Waals surface area contributed by atoms with E-state index in [9.17, 15) is 27.6 Å². The zero-order chi connectivity index (χ0) is 37.5. The van der Waals surface area contributed by atoms with E-state index in [-0.39, 0.29) is 24.6 Å². The lowest BCUT2D eigenvalue weighted by Gasteiger charge is -2.19. The van der Waals surface area contributed by atoms with Gasteiger partial charge in [0.15, 0.2) is 0 Å². The Hall–Kier alpha value is -5.84. The fourth-order valence-corrected chi connectivity index (χ4v) is 5.51. The van der Waals surface area contributed by atoms with Gasteiger partial charge in [0, 0.05) is 31.4 Å². The summed E-state index contributed by atoms with van der Waals surface area (Å²) in [6.45, 7) is 8.23. The molecule has 0 fully saturated rings. The monoisotopic (exact) mass is 710 g/mol. The maximum absolute atomic E-state index is 13.6. The molecule has 3 amide bonds. The molecule has 0 aliphatic rings. The third-order valence-electron chi connectivity index (χ3n) is 8.12. The molecule has 8 nitrogen and oxygen atoms in total. The van der Waals surface area contributed by atoms with Gasteiger partial charge in [-0.1, -0.05) is 84.4 Å². The van der Waals surface area contributed by atoms with Crippen molar-refractivity contribution >= 4 is 23.6 Å². The van der Waals surface area contributed by atoms with Gasteiger partial charge >= 0.3 is 12.3 Å². The van der Waals surface area contributed by atoms with Crippen LogP contribution in [0.5, 0.6) is 0 Å². The second-order valence-electron chi connectivity index (χ2n) is 13.4. The summed E-state index contributed by atoms with van der Waals surface area (Å²) in [4.78, 5) is 39.2. The highest BCUT2D eigenvalue weighted by molar-refractivity contribution is 6.09. The van der Waals surface area contributed by atoms with E-state index in [1.54, 1.807) is 61.9 Å². The van der Waals surface area contributed by atoms with E-state index in [1.807, 2.05) is 31.2 Å². The first-order valence-electron chi connectivity index (χ1n) is 16.9. The first-order valence-corrected chi connectivity index (χ1v) is 16.9. The number of alkyl halides is 3. The van der Waals surface area contributed by atoms with Crippen molar-refractivity contribution in [3.8, 4) is 22.3 Å². The second-order valence-corrected chi connectivity index (χ2v) is 13.4. The normalized spacial score (nSPS) is 11.5. The number of carbonyl (C=O) groups excluding carboxylic acids is 3.